The van der Waals surface area contributed by atoms with E-state index >= 15 is 0 Å². The molecule has 7 heteroatoms. The lowest BCUT2D eigenvalue weighted by atomic mass is 10.2. The van der Waals surface area contributed by atoms with E-state index in [9.17, 15) is 9.18 Å². The molecule has 0 unspecified atom stereocenters. The van der Waals surface area contributed by atoms with Gasteiger partial charge in [-0.2, -0.15) is 4.98 Å². The molecule has 1 aromatic carbocycles. The monoisotopic (exact) mass is 235 g/mol. The largest absolute Gasteiger partial charge is 0.366 e. The average Bonchev–Trinajstić information content (AvgIpc) is 2.74. The Morgan fingerprint density at radius 1 is 1.47 bits per heavy atom. The second kappa shape index (κ2) is 4.60. The Bertz CT molecular complexity index is 539. The number of carbonyl (C=O) groups is 1. The molecule has 0 aliphatic rings. The topological polar surface area (TPSA) is 96.7 Å². The van der Waals surface area contributed by atoms with Crippen LogP contribution in [-0.4, -0.2) is 21.1 Å². The van der Waals surface area contributed by atoms with Gasteiger partial charge in [-0.15, -0.1) is 5.10 Å². The first-order chi connectivity index (χ1) is 8.16. The van der Waals surface area contributed by atoms with Crippen molar-refractivity contribution in [3.63, 3.8) is 0 Å². The molecule has 0 aliphatic carbocycles. The van der Waals surface area contributed by atoms with E-state index in [0.29, 0.717) is 5.56 Å². The number of hydrogen-bond acceptors (Lipinski definition) is 4. The van der Waals surface area contributed by atoms with Crippen LogP contribution in [0.1, 0.15) is 16.2 Å². The number of nitrogens with one attached hydrogen (secondary N) is 2. The minimum Gasteiger partial charge on any atom is -0.366 e. The standard InChI is InChI=1S/C10H10FN5O/c11-7-4-2-1-3-6(7)5-13-9(17)8-14-10(12)16-15-8/h1-4H,5H2,(H,13,17)(H3,12,14,15,16). The maximum atomic E-state index is 13.2. The van der Waals surface area contributed by atoms with E-state index in [4.69, 9.17) is 5.73 Å². The molecule has 2 rings (SSSR count). The predicted molar refractivity (Wildman–Crippen MR) is 58.4 cm³/mol. The lowest BCUT2D eigenvalue weighted by molar-refractivity contribution is 0.0940. The van der Waals surface area contributed by atoms with Crippen molar-refractivity contribution in [1.82, 2.24) is 20.5 Å². The molecule has 0 saturated carbocycles. The number of nitrogen functional groups attached to an aromatic ring is 1. The third-order valence-electron chi connectivity index (χ3n) is 2.12. The molecular formula is C10H10FN5O. The van der Waals surface area contributed by atoms with Crippen molar-refractivity contribution in [1.29, 1.82) is 0 Å². The van der Waals surface area contributed by atoms with Gasteiger partial charge in [-0.05, 0) is 6.07 Å². The molecule has 0 radical (unpaired) electrons. The molecular weight excluding hydrogens is 225 g/mol. The van der Waals surface area contributed by atoms with E-state index < -0.39 is 5.91 Å². The van der Waals surface area contributed by atoms with E-state index in [1.807, 2.05) is 0 Å². The fourth-order valence-electron chi connectivity index (χ4n) is 1.28. The van der Waals surface area contributed by atoms with Crippen LogP contribution in [0.3, 0.4) is 0 Å². The van der Waals surface area contributed by atoms with Crippen molar-refractivity contribution in [3.05, 3.63) is 41.5 Å². The van der Waals surface area contributed by atoms with Gasteiger partial charge >= 0.3 is 0 Å². The van der Waals surface area contributed by atoms with Crippen LogP contribution in [-0.2, 0) is 6.54 Å². The van der Waals surface area contributed by atoms with Gasteiger partial charge in [-0.25, -0.2) is 4.39 Å². The van der Waals surface area contributed by atoms with Crippen molar-refractivity contribution in [2.45, 2.75) is 6.54 Å². The number of anilines is 1. The molecule has 2 aromatic rings. The molecule has 17 heavy (non-hydrogen) atoms. The number of H-pyrrole nitrogens is 1. The van der Waals surface area contributed by atoms with E-state index in [1.165, 1.54) is 6.07 Å². The molecule has 6 nitrogen and oxygen atoms in total. The van der Waals surface area contributed by atoms with Crippen LogP contribution in [0.25, 0.3) is 0 Å². The van der Waals surface area contributed by atoms with E-state index in [2.05, 4.69) is 20.5 Å². The minimum absolute atomic E-state index is 0.00107. The molecule has 0 saturated heterocycles. The van der Waals surface area contributed by atoms with Crippen LogP contribution in [0.4, 0.5) is 10.3 Å². The number of aromatic amines is 1. The van der Waals surface area contributed by atoms with Gasteiger partial charge in [0.1, 0.15) is 5.82 Å². The average molecular weight is 235 g/mol. The summed E-state index contributed by atoms with van der Waals surface area (Å²) in [6.07, 6.45) is 0. The number of carbonyl (C=O) groups excluding carboxylic acids is 1. The van der Waals surface area contributed by atoms with Crippen molar-refractivity contribution in [3.8, 4) is 0 Å². The summed E-state index contributed by atoms with van der Waals surface area (Å²) in [5, 5.41) is 8.38. The van der Waals surface area contributed by atoms with E-state index in [0.717, 1.165) is 0 Å². The van der Waals surface area contributed by atoms with Crippen molar-refractivity contribution in [2.75, 3.05) is 5.73 Å². The zero-order chi connectivity index (χ0) is 12.3. The van der Waals surface area contributed by atoms with Crippen LogP contribution in [0.15, 0.2) is 24.3 Å². The van der Waals surface area contributed by atoms with Crippen LogP contribution >= 0.6 is 0 Å². The quantitative estimate of drug-likeness (QED) is 0.719. The number of nitrogens with two attached hydrogens (primary N) is 1. The van der Waals surface area contributed by atoms with Gasteiger partial charge < -0.3 is 11.1 Å². The highest BCUT2D eigenvalue weighted by Crippen LogP contribution is 2.05. The highest BCUT2D eigenvalue weighted by atomic mass is 19.1. The summed E-state index contributed by atoms with van der Waals surface area (Å²) < 4.78 is 13.2. The second-order valence-electron chi connectivity index (χ2n) is 3.32. The summed E-state index contributed by atoms with van der Waals surface area (Å²) in [6.45, 7) is 0.0755. The summed E-state index contributed by atoms with van der Waals surface area (Å²) in [4.78, 5) is 15.2. The van der Waals surface area contributed by atoms with Gasteiger partial charge in [0.05, 0.1) is 0 Å². The zero-order valence-electron chi connectivity index (χ0n) is 8.77. The minimum atomic E-state index is -0.488. The predicted octanol–water partition coefficient (Wildman–Crippen LogP) is 0.456. The van der Waals surface area contributed by atoms with Gasteiger partial charge in [0.15, 0.2) is 0 Å². The Labute approximate surface area is 96.1 Å². The Morgan fingerprint density at radius 3 is 2.88 bits per heavy atom. The number of hydrogen-bond donors (Lipinski definition) is 3. The summed E-state index contributed by atoms with van der Waals surface area (Å²) in [5.41, 5.74) is 5.65. The third kappa shape index (κ3) is 2.57. The van der Waals surface area contributed by atoms with Crippen LogP contribution in [0.2, 0.25) is 0 Å². The number of amides is 1. The molecule has 88 valence electrons. The van der Waals surface area contributed by atoms with Gasteiger partial charge in [0.2, 0.25) is 11.8 Å². The first-order valence-electron chi connectivity index (χ1n) is 4.86. The van der Waals surface area contributed by atoms with Crippen LogP contribution in [0.5, 0.6) is 0 Å². The number of nitrogens with zero attached hydrogens (tertiary/aromatic N) is 2. The third-order valence-corrected chi connectivity index (χ3v) is 2.12. The highest BCUT2D eigenvalue weighted by Gasteiger charge is 2.10. The molecule has 0 spiro atoms. The van der Waals surface area contributed by atoms with Crippen molar-refractivity contribution >= 4 is 11.9 Å². The summed E-state index contributed by atoms with van der Waals surface area (Å²) >= 11 is 0. The Hall–Kier alpha value is -2.44. The maximum Gasteiger partial charge on any atom is 0.288 e. The van der Waals surface area contributed by atoms with Crippen LogP contribution < -0.4 is 11.1 Å². The Kier molecular flexibility index (Phi) is 2.99. The van der Waals surface area contributed by atoms with E-state index in [1.54, 1.807) is 18.2 Å². The first-order valence-corrected chi connectivity index (χ1v) is 4.86. The number of benzene rings is 1. The fraction of sp³-hybridized carbons (Fsp3) is 0.100. The SMILES string of the molecule is Nc1n[nH]c(C(=O)NCc2ccccc2F)n1. The molecule has 1 heterocycles. The Balaban J connectivity index is 1.99. The molecule has 1 amide bonds. The lowest BCUT2D eigenvalue weighted by Crippen LogP contribution is -2.24. The molecule has 0 aliphatic heterocycles. The first kappa shape index (κ1) is 11.1. The van der Waals surface area contributed by atoms with E-state index in [-0.39, 0.29) is 24.1 Å². The van der Waals surface area contributed by atoms with Crippen LogP contribution in [0, 0.1) is 5.82 Å². The molecule has 0 atom stereocenters. The maximum absolute atomic E-state index is 13.2. The summed E-state index contributed by atoms with van der Waals surface area (Å²) in [7, 11) is 0. The lowest BCUT2D eigenvalue weighted by Gasteiger charge is -2.03. The summed E-state index contributed by atoms with van der Waals surface area (Å²) in [5.74, 6) is -0.873. The number of halogens is 1. The molecule has 0 bridgehead atoms. The second-order valence-corrected chi connectivity index (χ2v) is 3.32. The molecule has 0 fully saturated rings. The number of aromatic nitrogens is 3. The number of rotatable bonds is 3. The van der Waals surface area contributed by atoms with Gasteiger partial charge in [0, 0.05) is 12.1 Å². The van der Waals surface area contributed by atoms with Gasteiger partial charge in [-0.1, -0.05) is 18.2 Å². The summed E-state index contributed by atoms with van der Waals surface area (Å²) in [6, 6.07) is 6.19. The highest BCUT2D eigenvalue weighted by molar-refractivity contribution is 5.90. The molecule has 1 aromatic heterocycles. The zero-order valence-corrected chi connectivity index (χ0v) is 8.77. The van der Waals surface area contributed by atoms with Gasteiger partial charge in [0.25, 0.3) is 5.91 Å². The van der Waals surface area contributed by atoms with Crippen molar-refractivity contribution in [2.24, 2.45) is 0 Å². The smallest absolute Gasteiger partial charge is 0.288 e. The van der Waals surface area contributed by atoms with Crippen molar-refractivity contribution < 1.29 is 9.18 Å². The fourth-order valence-corrected chi connectivity index (χ4v) is 1.28. The normalized spacial score (nSPS) is 10.2. The Morgan fingerprint density at radius 2 is 2.24 bits per heavy atom. The molecule has 4 N–H and O–H groups in total. The van der Waals surface area contributed by atoms with Gasteiger partial charge in [-0.3, -0.25) is 9.89 Å².